The third-order valence-corrected chi connectivity index (χ3v) is 5.77. The molecule has 29 heavy (non-hydrogen) atoms. The van der Waals surface area contributed by atoms with Crippen LogP contribution in [0.25, 0.3) is 0 Å². The molecule has 2 heterocycles. The van der Waals surface area contributed by atoms with Crippen molar-refractivity contribution >= 4 is 39.8 Å². The van der Waals surface area contributed by atoms with E-state index < -0.39 is 5.56 Å². The van der Waals surface area contributed by atoms with Crippen molar-refractivity contribution in [2.45, 2.75) is 52.1 Å². The summed E-state index contributed by atoms with van der Waals surface area (Å²) in [5.74, 6) is -0.353. The second kappa shape index (κ2) is 9.04. The molecular weight excluding hydrogens is 456 g/mol. The number of H-pyrrole nitrogens is 1. The fourth-order valence-corrected chi connectivity index (χ4v) is 3.88. The minimum atomic E-state index is -0.501. The Morgan fingerprint density at radius 2 is 2.03 bits per heavy atom. The van der Waals surface area contributed by atoms with Crippen LogP contribution in [0.3, 0.4) is 0 Å². The molecule has 1 amide bonds. The number of carbonyl (C=O) groups excluding carboxylic acids is 1. The maximum Gasteiger partial charge on any atom is 0.264 e. The average molecular weight is 479 g/mol. The highest BCUT2D eigenvalue weighted by molar-refractivity contribution is 9.10. The van der Waals surface area contributed by atoms with E-state index >= 15 is 0 Å². The summed E-state index contributed by atoms with van der Waals surface area (Å²) in [5.41, 5.74) is 0.852. The standard InChI is InChI=1S/C20H23BrN4O3S/c1-3-5-10-24-19(28)17(18(27)22-20(24)29)14-11-15(25(23-14)16(26)4-2)12-6-8-13(21)9-7-12/h6-9,15,28H,3-5,10-11H2,1-2H3,(H,22,27,29)/t15-/m1/s1. The molecule has 1 aliphatic heterocycles. The number of aromatic hydroxyl groups is 1. The minimum absolute atomic E-state index is 0.0724. The topological polar surface area (TPSA) is 90.7 Å². The highest BCUT2D eigenvalue weighted by Gasteiger charge is 2.34. The lowest BCUT2D eigenvalue weighted by Crippen LogP contribution is -2.26. The third kappa shape index (κ3) is 4.35. The van der Waals surface area contributed by atoms with Gasteiger partial charge in [-0.1, -0.05) is 48.3 Å². The molecule has 0 fully saturated rings. The first-order chi connectivity index (χ1) is 13.9. The summed E-state index contributed by atoms with van der Waals surface area (Å²) in [7, 11) is 0. The van der Waals surface area contributed by atoms with E-state index in [2.05, 4.69) is 26.0 Å². The molecule has 154 valence electrons. The number of hydrazone groups is 1. The van der Waals surface area contributed by atoms with Gasteiger partial charge in [0.25, 0.3) is 5.56 Å². The molecule has 0 bridgehead atoms. The normalized spacial score (nSPS) is 16.2. The molecule has 0 radical (unpaired) electrons. The lowest BCUT2D eigenvalue weighted by Gasteiger charge is -2.21. The molecule has 3 rings (SSSR count). The van der Waals surface area contributed by atoms with Gasteiger partial charge in [0.15, 0.2) is 4.77 Å². The molecule has 0 saturated carbocycles. The van der Waals surface area contributed by atoms with E-state index in [1.807, 2.05) is 31.2 Å². The van der Waals surface area contributed by atoms with Crippen molar-refractivity contribution in [3.05, 3.63) is 55.0 Å². The maximum absolute atomic E-state index is 12.6. The van der Waals surface area contributed by atoms with Crippen LogP contribution in [0.1, 0.15) is 56.7 Å². The molecular formula is C20H23BrN4O3S. The van der Waals surface area contributed by atoms with Crippen LogP contribution >= 0.6 is 28.1 Å². The van der Waals surface area contributed by atoms with E-state index in [9.17, 15) is 14.7 Å². The van der Waals surface area contributed by atoms with Crippen LogP contribution in [0.5, 0.6) is 5.88 Å². The SMILES string of the molecule is CCCCn1c(O)c(C2=NN(C(=O)CC)[C@@H](c3ccc(Br)cc3)C2)c(=O)[nH]c1=S. The Balaban J connectivity index is 2.07. The Morgan fingerprint density at radius 3 is 2.66 bits per heavy atom. The summed E-state index contributed by atoms with van der Waals surface area (Å²) in [6.45, 7) is 4.29. The van der Waals surface area contributed by atoms with Crippen LogP contribution in [-0.2, 0) is 11.3 Å². The zero-order chi connectivity index (χ0) is 21.1. The number of hydrogen-bond acceptors (Lipinski definition) is 5. The van der Waals surface area contributed by atoms with Gasteiger partial charge in [-0.3, -0.25) is 19.1 Å². The van der Waals surface area contributed by atoms with Gasteiger partial charge in [-0.15, -0.1) is 0 Å². The quantitative estimate of drug-likeness (QED) is 0.606. The van der Waals surface area contributed by atoms with Gasteiger partial charge in [-0.05, 0) is 36.3 Å². The van der Waals surface area contributed by atoms with Gasteiger partial charge in [-0.2, -0.15) is 5.10 Å². The largest absolute Gasteiger partial charge is 0.494 e. The van der Waals surface area contributed by atoms with E-state index in [0.717, 1.165) is 22.9 Å². The second-order valence-electron chi connectivity index (χ2n) is 6.87. The van der Waals surface area contributed by atoms with Crippen molar-refractivity contribution in [1.29, 1.82) is 0 Å². The van der Waals surface area contributed by atoms with Gasteiger partial charge in [-0.25, -0.2) is 5.01 Å². The number of nitrogens with one attached hydrogen (secondary N) is 1. The molecule has 7 nitrogen and oxygen atoms in total. The highest BCUT2D eigenvalue weighted by Crippen LogP contribution is 2.34. The smallest absolute Gasteiger partial charge is 0.264 e. The molecule has 0 unspecified atom stereocenters. The van der Waals surface area contributed by atoms with Crippen molar-refractivity contribution in [1.82, 2.24) is 14.6 Å². The van der Waals surface area contributed by atoms with Crippen molar-refractivity contribution in [2.24, 2.45) is 5.10 Å². The van der Waals surface area contributed by atoms with Crippen LogP contribution < -0.4 is 5.56 Å². The van der Waals surface area contributed by atoms with Crippen molar-refractivity contribution in [3.63, 3.8) is 0 Å². The first-order valence-corrected chi connectivity index (χ1v) is 10.8. The molecule has 2 aromatic rings. The lowest BCUT2D eigenvalue weighted by molar-refractivity contribution is -0.132. The molecule has 0 saturated heterocycles. The van der Waals surface area contributed by atoms with E-state index in [1.165, 1.54) is 9.58 Å². The van der Waals surface area contributed by atoms with Crippen LogP contribution in [0, 0.1) is 4.77 Å². The van der Waals surface area contributed by atoms with Crippen LogP contribution in [0.2, 0.25) is 0 Å². The monoisotopic (exact) mass is 478 g/mol. The molecule has 0 spiro atoms. The first-order valence-electron chi connectivity index (χ1n) is 9.58. The third-order valence-electron chi connectivity index (χ3n) is 4.92. The number of nitrogens with zero attached hydrogens (tertiary/aromatic N) is 3. The number of rotatable bonds is 6. The molecule has 9 heteroatoms. The van der Waals surface area contributed by atoms with Gasteiger partial charge in [0.2, 0.25) is 11.8 Å². The van der Waals surface area contributed by atoms with E-state index in [-0.39, 0.29) is 34.6 Å². The summed E-state index contributed by atoms with van der Waals surface area (Å²) in [6.07, 6.45) is 2.34. The van der Waals surface area contributed by atoms with E-state index in [4.69, 9.17) is 12.2 Å². The fourth-order valence-electron chi connectivity index (χ4n) is 3.34. The van der Waals surface area contributed by atoms with Crippen LogP contribution in [0.15, 0.2) is 38.6 Å². The minimum Gasteiger partial charge on any atom is -0.494 e. The molecule has 1 aliphatic rings. The van der Waals surface area contributed by atoms with E-state index in [0.29, 0.717) is 18.7 Å². The van der Waals surface area contributed by atoms with Crippen molar-refractivity contribution in [3.8, 4) is 5.88 Å². The molecule has 1 atom stereocenters. The predicted molar refractivity (Wildman–Crippen MR) is 118 cm³/mol. The summed E-state index contributed by atoms with van der Waals surface area (Å²) < 4.78 is 2.62. The van der Waals surface area contributed by atoms with Crippen LogP contribution in [-0.4, -0.2) is 31.3 Å². The number of amides is 1. The number of halogens is 1. The Labute approximate surface area is 182 Å². The van der Waals surface area contributed by atoms with Crippen molar-refractivity contribution < 1.29 is 9.90 Å². The van der Waals surface area contributed by atoms with E-state index in [1.54, 1.807) is 6.92 Å². The maximum atomic E-state index is 12.6. The number of carbonyl (C=O) groups is 1. The zero-order valence-electron chi connectivity index (χ0n) is 16.3. The van der Waals surface area contributed by atoms with Gasteiger partial charge in [0.1, 0.15) is 5.56 Å². The van der Waals surface area contributed by atoms with Gasteiger partial charge in [0, 0.05) is 23.9 Å². The number of hydrogen-bond donors (Lipinski definition) is 2. The number of benzene rings is 1. The van der Waals surface area contributed by atoms with Gasteiger partial charge in [0.05, 0.1) is 11.8 Å². The summed E-state index contributed by atoms with van der Waals surface area (Å²) in [6, 6.07) is 7.30. The fraction of sp³-hybridized carbons (Fsp3) is 0.400. The summed E-state index contributed by atoms with van der Waals surface area (Å²) >= 11 is 8.62. The first kappa shape index (κ1) is 21.4. The Bertz CT molecular complexity index is 1060. The van der Waals surface area contributed by atoms with Crippen LogP contribution in [0.4, 0.5) is 0 Å². The summed E-state index contributed by atoms with van der Waals surface area (Å²) in [4.78, 5) is 27.8. The average Bonchev–Trinajstić information content (AvgIpc) is 3.12. The molecule has 2 N–H and O–H groups in total. The summed E-state index contributed by atoms with van der Waals surface area (Å²) in [5, 5.41) is 16.7. The van der Waals surface area contributed by atoms with Gasteiger partial charge < -0.3 is 5.11 Å². The highest BCUT2D eigenvalue weighted by atomic mass is 79.9. The molecule has 1 aromatic carbocycles. The Morgan fingerprint density at radius 1 is 1.34 bits per heavy atom. The predicted octanol–water partition coefficient (Wildman–Crippen LogP) is 4.26. The number of aromatic amines is 1. The van der Waals surface area contributed by atoms with Gasteiger partial charge >= 0.3 is 0 Å². The Kier molecular flexibility index (Phi) is 6.69. The number of unbranched alkanes of at least 4 members (excludes halogenated alkanes) is 1. The Hall–Kier alpha value is -2.26. The lowest BCUT2D eigenvalue weighted by atomic mass is 9.99. The molecule has 0 aliphatic carbocycles. The number of aromatic nitrogens is 2. The molecule has 1 aromatic heterocycles. The zero-order valence-corrected chi connectivity index (χ0v) is 18.7. The van der Waals surface area contributed by atoms with Crippen molar-refractivity contribution in [2.75, 3.05) is 0 Å². The second-order valence-corrected chi connectivity index (χ2v) is 8.18.